The summed E-state index contributed by atoms with van der Waals surface area (Å²) < 4.78 is 0. The molecule has 21 heavy (non-hydrogen) atoms. The number of nitrogens with one attached hydrogen (secondary N) is 2. The average molecular weight is 291 g/mol. The van der Waals surface area contributed by atoms with E-state index in [2.05, 4.69) is 10.6 Å². The van der Waals surface area contributed by atoms with Crippen molar-refractivity contribution in [2.75, 3.05) is 6.54 Å². The molecule has 1 aromatic rings. The maximum Gasteiger partial charge on any atom is 0.269 e. The van der Waals surface area contributed by atoms with E-state index in [9.17, 15) is 14.9 Å². The van der Waals surface area contributed by atoms with Gasteiger partial charge in [0.15, 0.2) is 0 Å². The number of non-ortho nitro benzene ring substituents is 1. The van der Waals surface area contributed by atoms with E-state index in [0.29, 0.717) is 0 Å². The molecule has 2 atom stereocenters. The summed E-state index contributed by atoms with van der Waals surface area (Å²) in [7, 11) is 0. The van der Waals surface area contributed by atoms with Crippen LogP contribution >= 0.6 is 0 Å². The van der Waals surface area contributed by atoms with Gasteiger partial charge in [-0.15, -0.1) is 0 Å². The van der Waals surface area contributed by atoms with Crippen LogP contribution in [0.5, 0.6) is 0 Å². The minimum Gasteiger partial charge on any atom is -0.355 e. The Bertz CT molecular complexity index is 519. The fourth-order valence-electron chi connectivity index (χ4n) is 2.65. The predicted octanol–water partition coefficient (Wildman–Crippen LogP) is 2.30. The highest BCUT2D eigenvalue weighted by Crippen LogP contribution is 2.23. The van der Waals surface area contributed by atoms with Crippen molar-refractivity contribution in [3.05, 3.63) is 39.9 Å². The molecule has 1 aromatic carbocycles. The van der Waals surface area contributed by atoms with E-state index < -0.39 is 4.92 Å². The fourth-order valence-corrected chi connectivity index (χ4v) is 2.65. The Morgan fingerprint density at radius 3 is 3.00 bits per heavy atom. The van der Waals surface area contributed by atoms with Crippen LogP contribution in [0.2, 0.25) is 0 Å². The summed E-state index contributed by atoms with van der Waals surface area (Å²) in [4.78, 5) is 22.5. The first-order chi connectivity index (χ1) is 10.1. The van der Waals surface area contributed by atoms with E-state index in [1.54, 1.807) is 12.1 Å². The second kappa shape index (κ2) is 7.17. The van der Waals surface area contributed by atoms with Crippen molar-refractivity contribution in [1.82, 2.24) is 10.6 Å². The second-order valence-corrected chi connectivity index (χ2v) is 5.32. The third-order valence-corrected chi connectivity index (χ3v) is 3.83. The third-order valence-electron chi connectivity index (χ3n) is 3.83. The maximum atomic E-state index is 12.0. The van der Waals surface area contributed by atoms with Crippen LogP contribution < -0.4 is 10.6 Å². The molecule has 114 valence electrons. The van der Waals surface area contributed by atoms with Gasteiger partial charge in [0, 0.05) is 24.7 Å². The van der Waals surface area contributed by atoms with Crippen LogP contribution in [0.4, 0.5) is 5.69 Å². The molecule has 0 radical (unpaired) electrons. The summed E-state index contributed by atoms with van der Waals surface area (Å²) in [5, 5.41) is 17.1. The van der Waals surface area contributed by atoms with Gasteiger partial charge < -0.3 is 5.32 Å². The van der Waals surface area contributed by atoms with Crippen LogP contribution in [0.3, 0.4) is 0 Å². The quantitative estimate of drug-likeness (QED) is 0.644. The van der Waals surface area contributed by atoms with Crippen molar-refractivity contribution in [2.45, 2.75) is 44.7 Å². The molecule has 1 heterocycles. The number of carbonyl (C=O) groups is 1. The Morgan fingerprint density at radius 1 is 1.48 bits per heavy atom. The molecule has 0 bridgehead atoms. The van der Waals surface area contributed by atoms with Crippen LogP contribution in [-0.4, -0.2) is 23.4 Å². The van der Waals surface area contributed by atoms with Gasteiger partial charge in [-0.2, -0.15) is 0 Å². The van der Waals surface area contributed by atoms with Gasteiger partial charge in [0.2, 0.25) is 5.91 Å². The molecule has 1 saturated heterocycles. The number of carbonyl (C=O) groups excluding carboxylic acids is 1. The Balaban J connectivity index is 2.13. The van der Waals surface area contributed by atoms with Crippen LogP contribution in [0.25, 0.3) is 0 Å². The molecular formula is C15H21N3O3. The molecule has 0 aromatic heterocycles. The summed E-state index contributed by atoms with van der Waals surface area (Å²) in [6, 6.07) is 6.33. The van der Waals surface area contributed by atoms with E-state index >= 15 is 0 Å². The maximum absolute atomic E-state index is 12.0. The lowest BCUT2D eigenvalue weighted by atomic mass is 10.0. The summed E-state index contributed by atoms with van der Waals surface area (Å²) in [5.74, 6) is 0.0244. The topological polar surface area (TPSA) is 84.3 Å². The zero-order valence-corrected chi connectivity index (χ0v) is 12.2. The fraction of sp³-hybridized carbons (Fsp3) is 0.533. The molecule has 2 unspecified atom stereocenters. The normalized spacial score (nSPS) is 20.4. The first kappa shape index (κ1) is 15.4. The smallest absolute Gasteiger partial charge is 0.269 e. The molecule has 6 heteroatoms. The number of nitrogens with zero attached hydrogens (tertiary/aromatic N) is 1. The van der Waals surface area contributed by atoms with Crippen molar-refractivity contribution < 1.29 is 9.72 Å². The first-order valence-corrected chi connectivity index (χ1v) is 7.40. The number of amides is 1. The largest absolute Gasteiger partial charge is 0.355 e. The molecular weight excluding hydrogens is 270 g/mol. The van der Waals surface area contributed by atoms with E-state index in [0.717, 1.165) is 37.8 Å². The van der Waals surface area contributed by atoms with Crippen molar-refractivity contribution >= 4 is 11.6 Å². The van der Waals surface area contributed by atoms with Crippen LogP contribution in [0, 0.1) is 10.1 Å². The minimum absolute atomic E-state index is 0.0244. The molecule has 1 aliphatic heterocycles. The highest BCUT2D eigenvalue weighted by Gasteiger charge is 2.24. The zero-order chi connectivity index (χ0) is 15.2. The van der Waals surface area contributed by atoms with Gasteiger partial charge in [-0.1, -0.05) is 19.1 Å². The molecule has 2 rings (SSSR count). The summed E-state index contributed by atoms with van der Waals surface area (Å²) in [5.41, 5.74) is 0.932. The van der Waals surface area contributed by atoms with E-state index in [1.807, 2.05) is 13.0 Å². The Morgan fingerprint density at radius 2 is 2.29 bits per heavy atom. The zero-order valence-electron chi connectivity index (χ0n) is 12.2. The van der Waals surface area contributed by atoms with Gasteiger partial charge in [0.1, 0.15) is 0 Å². The van der Waals surface area contributed by atoms with Gasteiger partial charge in [0.05, 0.1) is 11.0 Å². The molecule has 1 fully saturated rings. The number of hydrogen-bond donors (Lipinski definition) is 2. The molecule has 2 N–H and O–H groups in total. The highest BCUT2D eigenvalue weighted by molar-refractivity contribution is 5.82. The highest BCUT2D eigenvalue weighted by atomic mass is 16.6. The van der Waals surface area contributed by atoms with Crippen LogP contribution in [0.1, 0.15) is 44.2 Å². The molecule has 6 nitrogen and oxygen atoms in total. The van der Waals surface area contributed by atoms with E-state index in [-0.39, 0.29) is 23.7 Å². The van der Waals surface area contributed by atoms with Gasteiger partial charge in [0.25, 0.3) is 5.69 Å². The number of nitro groups is 1. The number of hydrogen-bond acceptors (Lipinski definition) is 4. The number of benzene rings is 1. The average Bonchev–Trinajstić information content (AvgIpc) is 2.69. The Labute approximate surface area is 124 Å². The van der Waals surface area contributed by atoms with Crippen molar-refractivity contribution in [3.8, 4) is 0 Å². The van der Waals surface area contributed by atoms with Crippen LogP contribution in [0.15, 0.2) is 24.3 Å². The summed E-state index contributed by atoms with van der Waals surface area (Å²) >= 11 is 0. The number of nitro benzene ring substituents is 1. The lowest BCUT2D eigenvalue weighted by Crippen LogP contribution is -2.44. The lowest BCUT2D eigenvalue weighted by Gasteiger charge is -2.23. The predicted molar refractivity (Wildman–Crippen MR) is 79.9 cm³/mol. The van der Waals surface area contributed by atoms with Crippen molar-refractivity contribution in [3.63, 3.8) is 0 Å². The minimum atomic E-state index is -0.394. The Kier molecular flexibility index (Phi) is 5.27. The van der Waals surface area contributed by atoms with E-state index in [4.69, 9.17) is 0 Å². The number of rotatable bonds is 5. The third kappa shape index (κ3) is 4.01. The molecule has 0 aliphatic carbocycles. The van der Waals surface area contributed by atoms with Gasteiger partial charge in [-0.25, -0.2) is 0 Å². The monoisotopic (exact) mass is 291 g/mol. The first-order valence-electron chi connectivity index (χ1n) is 7.40. The summed E-state index contributed by atoms with van der Waals surface area (Å²) in [6.45, 7) is 2.73. The van der Waals surface area contributed by atoms with Crippen molar-refractivity contribution in [2.24, 2.45) is 0 Å². The van der Waals surface area contributed by atoms with Crippen molar-refractivity contribution in [1.29, 1.82) is 0 Å². The van der Waals surface area contributed by atoms with Gasteiger partial charge in [-0.05, 0) is 31.2 Å². The molecule has 1 amide bonds. The molecule has 0 saturated carbocycles. The molecule has 0 spiro atoms. The Hall–Kier alpha value is -1.95. The SMILES string of the molecule is CCC(NC1CCCCNC1=O)c1cccc([N+](=O)[O-])c1. The van der Waals surface area contributed by atoms with Crippen LogP contribution in [-0.2, 0) is 4.79 Å². The van der Waals surface area contributed by atoms with Gasteiger partial charge in [-0.3, -0.25) is 20.2 Å². The standard InChI is InChI=1S/C15H21N3O3/c1-2-13(11-6-5-7-12(10-11)18(20)21)17-14-8-3-4-9-16-15(14)19/h5-7,10,13-14,17H,2-4,8-9H2,1H3,(H,16,19). The van der Waals surface area contributed by atoms with E-state index in [1.165, 1.54) is 6.07 Å². The second-order valence-electron chi connectivity index (χ2n) is 5.32. The summed E-state index contributed by atoms with van der Waals surface area (Å²) in [6.07, 6.45) is 3.57. The van der Waals surface area contributed by atoms with Gasteiger partial charge >= 0.3 is 0 Å². The molecule has 1 aliphatic rings. The lowest BCUT2D eigenvalue weighted by molar-refractivity contribution is -0.384.